The molecule has 4 nitrogen and oxygen atoms in total. The van der Waals surface area contributed by atoms with Gasteiger partial charge in [0.1, 0.15) is 5.78 Å². The Morgan fingerprint density at radius 2 is 1.93 bits per heavy atom. The van der Waals surface area contributed by atoms with E-state index in [4.69, 9.17) is 0 Å². The molecule has 0 aromatic heterocycles. The Kier molecular flexibility index (Phi) is 2.04. The molecule has 4 heteroatoms. The summed E-state index contributed by atoms with van der Waals surface area (Å²) in [7, 11) is 0. The van der Waals surface area contributed by atoms with Gasteiger partial charge in [-0.1, -0.05) is 18.2 Å². The number of carbonyl (C=O) groups is 1. The minimum atomic E-state index is -0.391. The number of benzene rings is 1. The van der Waals surface area contributed by atoms with Gasteiger partial charge < -0.3 is 0 Å². The highest BCUT2D eigenvalue weighted by Gasteiger charge is 2.32. The fourth-order valence-corrected chi connectivity index (χ4v) is 1.71. The summed E-state index contributed by atoms with van der Waals surface area (Å²) in [5, 5.41) is 10.7. The van der Waals surface area contributed by atoms with Gasteiger partial charge in [-0.05, 0) is 0 Å². The van der Waals surface area contributed by atoms with Crippen molar-refractivity contribution in [1.29, 1.82) is 0 Å². The number of Topliss-reactive ketones (excluding diaryl/α,β-unsaturated/α-hetero) is 1. The summed E-state index contributed by atoms with van der Waals surface area (Å²) in [5.74, 6) is 0.247. The standard InChI is InChI=1S/C10H9NO3/c12-8-5-7(6-8)9-3-1-2-4-10(9)11(13)14/h1-4,7H,5-6H2. The molecule has 1 aliphatic rings. The van der Waals surface area contributed by atoms with Gasteiger partial charge in [0.2, 0.25) is 0 Å². The molecule has 1 aliphatic carbocycles. The van der Waals surface area contributed by atoms with Crippen LogP contribution in [-0.4, -0.2) is 10.7 Å². The Morgan fingerprint density at radius 3 is 2.50 bits per heavy atom. The van der Waals surface area contributed by atoms with Crippen molar-refractivity contribution in [3.63, 3.8) is 0 Å². The highest BCUT2D eigenvalue weighted by Crippen LogP contribution is 2.38. The molecule has 0 heterocycles. The molecule has 0 saturated heterocycles. The van der Waals surface area contributed by atoms with Crippen LogP contribution < -0.4 is 0 Å². The summed E-state index contributed by atoms with van der Waals surface area (Å²) >= 11 is 0. The van der Waals surface area contributed by atoms with Crippen molar-refractivity contribution < 1.29 is 9.72 Å². The van der Waals surface area contributed by atoms with Gasteiger partial charge in [0.05, 0.1) is 4.92 Å². The van der Waals surface area contributed by atoms with Crippen LogP contribution in [0.2, 0.25) is 0 Å². The van der Waals surface area contributed by atoms with Crippen molar-refractivity contribution in [3.8, 4) is 0 Å². The number of hydrogen-bond acceptors (Lipinski definition) is 3. The first-order valence-electron chi connectivity index (χ1n) is 4.43. The van der Waals surface area contributed by atoms with E-state index in [1.807, 2.05) is 0 Å². The van der Waals surface area contributed by atoms with Crippen LogP contribution in [0.25, 0.3) is 0 Å². The molecule has 0 amide bonds. The Bertz CT molecular complexity index is 392. The van der Waals surface area contributed by atoms with Gasteiger partial charge in [0.25, 0.3) is 5.69 Å². The molecule has 0 aliphatic heterocycles. The first kappa shape index (κ1) is 8.87. The fourth-order valence-electron chi connectivity index (χ4n) is 1.71. The molecule has 2 rings (SSSR count). The van der Waals surface area contributed by atoms with Crippen molar-refractivity contribution in [1.82, 2.24) is 0 Å². The number of nitrogens with zero attached hydrogens (tertiary/aromatic N) is 1. The molecule has 0 unspecified atom stereocenters. The van der Waals surface area contributed by atoms with E-state index < -0.39 is 4.92 Å². The molecule has 0 atom stereocenters. The van der Waals surface area contributed by atoms with E-state index in [0.717, 1.165) is 0 Å². The van der Waals surface area contributed by atoms with Crippen molar-refractivity contribution >= 4 is 11.5 Å². The molecule has 72 valence electrons. The molecular weight excluding hydrogens is 182 g/mol. The van der Waals surface area contributed by atoms with E-state index >= 15 is 0 Å². The zero-order valence-corrected chi connectivity index (χ0v) is 7.47. The van der Waals surface area contributed by atoms with Crippen LogP contribution in [0.4, 0.5) is 5.69 Å². The molecule has 0 radical (unpaired) electrons. The van der Waals surface area contributed by atoms with Crippen LogP contribution in [0.15, 0.2) is 24.3 Å². The number of nitro benzene ring substituents is 1. The van der Waals surface area contributed by atoms with Gasteiger partial charge in [-0.2, -0.15) is 0 Å². The van der Waals surface area contributed by atoms with E-state index in [9.17, 15) is 14.9 Å². The van der Waals surface area contributed by atoms with E-state index in [1.54, 1.807) is 18.2 Å². The zero-order valence-electron chi connectivity index (χ0n) is 7.47. The molecule has 0 bridgehead atoms. The van der Waals surface area contributed by atoms with Gasteiger partial charge in [-0.25, -0.2) is 0 Å². The highest BCUT2D eigenvalue weighted by atomic mass is 16.6. The lowest BCUT2D eigenvalue weighted by atomic mass is 9.78. The number of carbonyl (C=O) groups excluding carboxylic acids is 1. The first-order chi connectivity index (χ1) is 6.68. The summed E-state index contributed by atoms with van der Waals surface area (Å²) in [6.45, 7) is 0. The van der Waals surface area contributed by atoms with Gasteiger partial charge >= 0.3 is 0 Å². The van der Waals surface area contributed by atoms with Crippen molar-refractivity contribution in [2.45, 2.75) is 18.8 Å². The number of hydrogen-bond donors (Lipinski definition) is 0. The number of rotatable bonds is 2. The average molecular weight is 191 g/mol. The SMILES string of the molecule is O=C1CC(c2ccccc2[N+](=O)[O-])C1. The monoisotopic (exact) mass is 191 g/mol. The Morgan fingerprint density at radius 1 is 1.29 bits per heavy atom. The lowest BCUT2D eigenvalue weighted by molar-refractivity contribution is -0.385. The maximum atomic E-state index is 10.8. The van der Waals surface area contributed by atoms with Crippen molar-refractivity contribution in [2.24, 2.45) is 0 Å². The third kappa shape index (κ3) is 1.39. The Labute approximate surface area is 80.7 Å². The van der Waals surface area contributed by atoms with E-state index in [0.29, 0.717) is 18.4 Å². The maximum absolute atomic E-state index is 10.8. The summed E-state index contributed by atoms with van der Waals surface area (Å²) < 4.78 is 0. The fraction of sp³-hybridized carbons (Fsp3) is 0.300. The molecule has 1 aromatic rings. The van der Waals surface area contributed by atoms with Crippen LogP contribution in [0.1, 0.15) is 24.3 Å². The highest BCUT2D eigenvalue weighted by molar-refractivity contribution is 5.86. The van der Waals surface area contributed by atoms with Gasteiger partial charge in [-0.15, -0.1) is 0 Å². The van der Waals surface area contributed by atoms with Crippen molar-refractivity contribution in [2.75, 3.05) is 0 Å². The normalized spacial score (nSPS) is 16.4. The summed E-state index contributed by atoms with van der Waals surface area (Å²) in [5.41, 5.74) is 0.821. The van der Waals surface area contributed by atoms with E-state index in [1.165, 1.54) is 6.07 Å². The van der Waals surface area contributed by atoms with Crippen LogP contribution in [0, 0.1) is 10.1 Å². The quantitative estimate of drug-likeness (QED) is 0.530. The minimum absolute atomic E-state index is 0.0594. The second-order valence-corrected chi connectivity index (χ2v) is 3.46. The predicted octanol–water partition coefficient (Wildman–Crippen LogP) is 2.04. The van der Waals surface area contributed by atoms with Gasteiger partial charge in [-0.3, -0.25) is 14.9 Å². The summed E-state index contributed by atoms with van der Waals surface area (Å²) in [6.07, 6.45) is 0.899. The molecule has 0 spiro atoms. The van der Waals surface area contributed by atoms with Crippen LogP contribution in [-0.2, 0) is 4.79 Å². The first-order valence-corrected chi connectivity index (χ1v) is 4.43. The topological polar surface area (TPSA) is 60.2 Å². The third-order valence-corrected chi connectivity index (χ3v) is 2.52. The Balaban J connectivity index is 2.32. The third-order valence-electron chi connectivity index (χ3n) is 2.52. The van der Waals surface area contributed by atoms with Crippen LogP contribution in [0.3, 0.4) is 0 Å². The molecule has 0 N–H and O–H groups in total. The minimum Gasteiger partial charge on any atom is -0.300 e. The molecule has 1 saturated carbocycles. The number of para-hydroxylation sites is 1. The van der Waals surface area contributed by atoms with Crippen molar-refractivity contribution in [3.05, 3.63) is 39.9 Å². The van der Waals surface area contributed by atoms with Crippen LogP contribution in [0.5, 0.6) is 0 Å². The maximum Gasteiger partial charge on any atom is 0.272 e. The zero-order chi connectivity index (χ0) is 10.1. The van der Waals surface area contributed by atoms with Gasteiger partial charge in [0, 0.05) is 30.4 Å². The number of nitro groups is 1. The second kappa shape index (κ2) is 3.21. The lowest BCUT2D eigenvalue weighted by Crippen LogP contribution is -2.21. The predicted molar refractivity (Wildman–Crippen MR) is 50.1 cm³/mol. The molecule has 14 heavy (non-hydrogen) atoms. The smallest absolute Gasteiger partial charge is 0.272 e. The molecule has 1 fully saturated rings. The second-order valence-electron chi connectivity index (χ2n) is 3.46. The molecule has 1 aromatic carbocycles. The average Bonchev–Trinajstić information content (AvgIpc) is 2.13. The Hall–Kier alpha value is -1.71. The summed E-state index contributed by atoms with van der Waals surface area (Å²) in [6, 6.07) is 6.63. The number of ketones is 1. The molecular formula is C10H9NO3. The van der Waals surface area contributed by atoms with Gasteiger partial charge in [0.15, 0.2) is 0 Å². The van der Waals surface area contributed by atoms with E-state index in [-0.39, 0.29) is 17.4 Å². The largest absolute Gasteiger partial charge is 0.300 e. The van der Waals surface area contributed by atoms with E-state index in [2.05, 4.69) is 0 Å². The summed E-state index contributed by atoms with van der Waals surface area (Å²) in [4.78, 5) is 21.1. The van der Waals surface area contributed by atoms with Crippen LogP contribution >= 0.6 is 0 Å². The lowest BCUT2D eigenvalue weighted by Gasteiger charge is -2.23.